The number of amides is 1. The van der Waals surface area contributed by atoms with Crippen LogP contribution in [0.1, 0.15) is 19.4 Å². The summed E-state index contributed by atoms with van der Waals surface area (Å²) in [4.78, 5) is 23.2. The molecule has 0 fully saturated rings. The molecule has 0 saturated heterocycles. The predicted molar refractivity (Wildman–Crippen MR) is 82.9 cm³/mol. The highest BCUT2D eigenvalue weighted by Crippen LogP contribution is 2.21. The summed E-state index contributed by atoms with van der Waals surface area (Å²) in [5.41, 5.74) is -0.834. The molecular weight excluding hydrogens is 325 g/mol. The van der Waals surface area contributed by atoms with Crippen LogP contribution in [0.25, 0.3) is 0 Å². The number of benzene rings is 1. The summed E-state index contributed by atoms with van der Waals surface area (Å²) in [6.07, 6.45) is 2.49. The Hall–Kier alpha value is -2.41. The number of rotatable bonds is 5. The van der Waals surface area contributed by atoms with Crippen LogP contribution in [0.5, 0.6) is 0 Å². The molecule has 0 atom stereocenters. The largest absolute Gasteiger partial charge is 0.479 e. The van der Waals surface area contributed by atoms with Gasteiger partial charge in [0.25, 0.3) is 0 Å². The first-order valence-corrected chi connectivity index (χ1v) is 7.11. The summed E-state index contributed by atoms with van der Waals surface area (Å²) < 4.78 is 14.9. The molecule has 1 aromatic carbocycles. The summed E-state index contributed by atoms with van der Waals surface area (Å²) in [5.74, 6) is -2.10. The third kappa shape index (κ3) is 3.68. The van der Waals surface area contributed by atoms with Crippen LogP contribution in [-0.4, -0.2) is 26.8 Å². The lowest BCUT2D eigenvalue weighted by Crippen LogP contribution is -2.35. The molecule has 0 aliphatic heterocycles. The Labute approximate surface area is 136 Å². The Kier molecular flexibility index (Phi) is 4.70. The maximum atomic E-state index is 13.7. The van der Waals surface area contributed by atoms with Gasteiger partial charge >= 0.3 is 5.97 Å². The molecular formula is C15H15ClFN3O3. The smallest absolute Gasteiger partial charge is 0.331 e. The highest BCUT2D eigenvalue weighted by molar-refractivity contribution is 6.31. The number of aromatic nitrogens is 2. The van der Waals surface area contributed by atoms with Gasteiger partial charge in [0.05, 0.1) is 18.3 Å². The zero-order chi connectivity index (χ0) is 17.2. The molecule has 1 aromatic heterocycles. The number of hydrogen-bond donors (Lipinski definition) is 2. The lowest BCUT2D eigenvalue weighted by Gasteiger charge is -2.19. The molecule has 1 amide bonds. The number of aliphatic carboxylic acids is 1. The summed E-state index contributed by atoms with van der Waals surface area (Å²) in [5, 5.41) is 15.8. The second-order valence-electron chi connectivity index (χ2n) is 5.46. The third-order valence-corrected chi connectivity index (χ3v) is 3.72. The van der Waals surface area contributed by atoms with Crippen LogP contribution >= 0.6 is 11.6 Å². The second-order valence-corrected chi connectivity index (χ2v) is 5.87. The van der Waals surface area contributed by atoms with E-state index in [1.54, 1.807) is 0 Å². The van der Waals surface area contributed by atoms with Gasteiger partial charge in [0.2, 0.25) is 5.91 Å². The molecule has 0 bridgehead atoms. The zero-order valence-corrected chi connectivity index (χ0v) is 13.3. The normalized spacial score (nSPS) is 11.3. The fourth-order valence-corrected chi connectivity index (χ4v) is 2.09. The van der Waals surface area contributed by atoms with Crippen LogP contribution in [0, 0.1) is 5.82 Å². The van der Waals surface area contributed by atoms with Gasteiger partial charge in [0.1, 0.15) is 5.82 Å². The quantitative estimate of drug-likeness (QED) is 0.877. The Morgan fingerprint density at radius 2 is 2.13 bits per heavy atom. The van der Waals surface area contributed by atoms with Crippen molar-refractivity contribution in [1.82, 2.24) is 9.78 Å². The molecule has 0 spiro atoms. The first kappa shape index (κ1) is 17.0. The second kappa shape index (κ2) is 6.37. The Bertz CT molecular complexity index is 738. The number of hydrogen-bond acceptors (Lipinski definition) is 3. The first-order chi connectivity index (χ1) is 10.7. The number of carboxylic acid groups (broad SMARTS) is 1. The van der Waals surface area contributed by atoms with Gasteiger partial charge in [0.15, 0.2) is 5.54 Å². The van der Waals surface area contributed by atoms with Crippen LogP contribution in [-0.2, 0) is 21.5 Å². The third-order valence-electron chi connectivity index (χ3n) is 3.36. The summed E-state index contributed by atoms with van der Waals surface area (Å²) in [6.45, 7) is 2.96. The highest BCUT2D eigenvalue weighted by atomic mass is 35.5. The van der Waals surface area contributed by atoms with E-state index in [1.807, 2.05) is 0 Å². The van der Waals surface area contributed by atoms with Crippen molar-refractivity contribution in [2.45, 2.75) is 25.8 Å². The molecule has 0 unspecified atom stereocenters. The fourth-order valence-electron chi connectivity index (χ4n) is 1.86. The van der Waals surface area contributed by atoms with Crippen LogP contribution < -0.4 is 5.32 Å². The van der Waals surface area contributed by atoms with E-state index >= 15 is 0 Å². The van der Waals surface area contributed by atoms with Crippen molar-refractivity contribution < 1.29 is 19.1 Å². The van der Waals surface area contributed by atoms with Crippen molar-refractivity contribution in [3.63, 3.8) is 0 Å². The van der Waals surface area contributed by atoms with Crippen molar-refractivity contribution in [1.29, 1.82) is 0 Å². The summed E-state index contributed by atoms with van der Waals surface area (Å²) in [6, 6.07) is 4.18. The van der Waals surface area contributed by atoms with Crippen LogP contribution in [0.3, 0.4) is 0 Å². The minimum absolute atomic E-state index is 0.102. The number of carboxylic acids is 1. The van der Waals surface area contributed by atoms with E-state index in [2.05, 4.69) is 10.4 Å². The van der Waals surface area contributed by atoms with Crippen molar-refractivity contribution in [2.75, 3.05) is 5.32 Å². The van der Waals surface area contributed by atoms with Crippen molar-refractivity contribution in [3.05, 3.63) is 47.0 Å². The zero-order valence-electron chi connectivity index (χ0n) is 12.5. The van der Waals surface area contributed by atoms with E-state index < -0.39 is 23.2 Å². The van der Waals surface area contributed by atoms with E-state index in [1.165, 1.54) is 49.1 Å². The van der Waals surface area contributed by atoms with E-state index in [0.29, 0.717) is 5.69 Å². The van der Waals surface area contributed by atoms with Crippen LogP contribution in [0.4, 0.5) is 10.1 Å². The monoisotopic (exact) mass is 339 g/mol. The molecule has 0 aliphatic rings. The van der Waals surface area contributed by atoms with Crippen molar-refractivity contribution in [3.8, 4) is 0 Å². The lowest BCUT2D eigenvalue weighted by molar-refractivity contribution is -0.146. The standard InChI is InChI=1S/C15H15ClFN3O3/c1-15(2,14(22)23)20-8-9(7-18-20)19-13(21)6-10-11(16)4-3-5-12(10)17/h3-5,7-8H,6H2,1-2H3,(H,19,21)(H,22,23). The van der Waals surface area contributed by atoms with E-state index in [4.69, 9.17) is 16.7 Å². The van der Waals surface area contributed by atoms with Gasteiger partial charge in [-0.05, 0) is 26.0 Å². The predicted octanol–water partition coefficient (Wildman–Crippen LogP) is 2.68. The Morgan fingerprint density at radius 1 is 1.43 bits per heavy atom. The molecule has 122 valence electrons. The van der Waals surface area contributed by atoms with Gasteiger partial charge in [-0.3, -0.25) is 9.48 Å². The number of nitrogens with one attached hydrogen (secondary N) is 1. The number of halogens is 2. The number of nitrogens with zero attached hydrogens (tertiary/aromatic N) is 2. The Balaban J connectivity index is 2.10. The maximum Gasteiger partial charge on any atom is 0.331 e. The topological polar surface area (TPSA) is 84.2 Å². The minimum Gasteiger partial charge on any atom is -0.479 e. The number of carbonyl (C=O) groups is 2. The van der Waals surface area contributed by atoms with Crippen molar-refractivity contribution >= 4 is 29.2 Å². The maximum absolute atomic E-state index is 13.7. The van der Waals surface area contributed by atoms with Gasteiger partial charge in [-0.15, -0.1) is 0 Å². The van der Waals surface area contributed by atoms with Crippen LogP contribution in [0.2, 0.25) is 5.02 Å². The summed E-state index contributed by atoms with van der Waals surface area (Å²) in [7, 11) is 0. The lowest BCUT2D eigenvalue weighted by atomic mass is 10.1. The van der Waals surface area contributed by atoms with Crippen molar-refractivity contribution in [2.24, 2.45) is 0 Å². The molecule has 1 heterocycles. The number of carbonyl (C=O) groups excluding carboxylic acids is 1. The minimum atomic E-state index is -1.25. The number of anilines is 1. The van der Waals surface area contributed by atoms with E-state index in [9.17, 15) is 14.0 Å². The molecule has 2 N–H and O–H groups in total. The first-order valence-electron chi connectivity index (χ1n) is 6.73. The van der Waals surface area contributed by atoms with Gasteiger partial charge < -0.3 is 10.4 Å². The molecule has 2 rings (SSSR count). The average molecular weight is 340 g/mol. The Morgan fingerprint density at radius 3 is 2.74 bits per heavy atom. The van der Waals surface area contributed by atoms with Crippen LogP contribution in [0.15, 0.2) is 30.6 Å². The molecule has 23 heavy (non-hydrogen) atoms. The van der Waals surface area contributed by atoms with E-state index in [0.717, 1.165) is 0 Å². The highest BCUT2D eigenvalue weighted by Gasteiger charge is 2.30. The van der Waals surface area contributed by atoms with E-state index in [-0.39, 0.29) is 17.0 Å². The van der Waals surface area contributed by atoms with Gasteiger partial charge in [-0.2, -0.15) is 5.10 Å². The molecule has 0 saturated carbocycles. The molecule has 0 radical (unpaired) electrons. The average Bonchev–Trinajstić information content (AvgIpc) is 2.92. The van der Waals surface area contributed by atoms with Gasteiger partial charge in [-0.25, -0.2) is 9.18 Å². The molecule has 0 aliphatic carbocycles. The molecule has 2 aromatic rings. The van der Waals surface area contributed by atoms with Gasteiger partial charge in [-0.1, -0.05) is 17.7 Å². The van der Waals surface area contributed by atoms with Gasteiger partial charge in [0, 0.05) is 16.8 Å². The summed E-state index contributed by atoms with van der Waals surface area (Å²) >= 11 is 5.87. The molecule has 6 nitrogen and oxygen atoms in total. The molecule has 8 heteroatoms. The fraction of sp³-hybridized carbons (Fsp3) is 0.267. The SMILES string of the molecule is CC(C)(C(=O)O)n1cc(NC(=O)Cc2c(F)cccc2Cl)cn1.